The second-order valence-electron chi connectivity index (χ2n) is 4.99. The fraction of sp³-hybridized carbons (Fsp3) is 0.875. The van der Waals surface area contributed by atoms with Crippen LogP contribution in [0.1, 0.15) is 0 Å². The van der Waals surface area contributed by atoms with Crippen molar-refractivity contribution in [3.8, 4) is 0 Å². The standard InChI is InChI=1S/C8H22NSi2.Li/c1-8-9(10(2,3)4)11(5,6)7;/h1,8H2,2-7H3;/q-1;+1. The summed E-state index contributed by atoms with van der Waals surface area (Å²) in [6.07, 6.45) is 0. The molecule has 0 aliphatic carbocycles. The summed E-state index contributed by atoms with van der Waals surface area (Å²) >= 11 is 0. The van der Waals surface area contributed by atoms with Gasteiger partial charge in [-0.1, -0.05) is 39.3 Å². The Morgan fingerprint density at radius 3 is 1.17 bits per heavy atom. The number of nitrogens with zero attached hydrogens (tertiary/aromatic N) is 1. The van der Waals surface area contributed by atoms with Gasteiger partial charge in [0.2, 0.25) is 0 Å². The zero-order valence-electron chi connectivity index (χ0n) is 9.86. The van der Waals surface area contributed by atoms with E-state index in [1.165, 1.54) is 0 Å². The largest absolute Gasteiger partial charge is 1.00 e. The van der Waals surface area contributed by atoms with Gasteiger partial charge in [0.05, 0.1) is 0 Å². The second-order valence-corrected chi connectivity index (χ2v) is 15.2. The Hall–Kier alpha value is 0.991. The van der Waals surface area contributed by atoms with Gasteiger partial charge in [-0.3, -0.25) is 0 Å². The molecule has 0 radical (unpaired) electrons. The molecule has 0 N–H and O–H groups in total. The molecule has 1 nitrogen and oxygen atoms in total. The van der Waals surface area contributed by atoms with Crippen LogP contribution in [-0.4, -0.2) is 27.2 Å². The van der Waals surface area contributed by atoms with E-state index in [1.54, 1.807) is 0 Å². The summed E-state index contributed by atoms with van der Waals surface area (Å²) in [5.41, 5.74) is 0. The summed E-state index contributed by atoms with van der Waals surface area (Å²) in [4.78, 5) is 0. The molecule has 0 saturated heterocycles. The summed E-state index contributed by atoms with van der Waals surface area (Å²) in [6, 6.07) is 0. The molecule has 0 spiro atoms. The molecule has 0 atom stereocenters. The smallest absolute Gasteiger partial charge is 0.375 e. The van der Waals surface area contributed by atoms with Gasteiger partial charge < -0.3 is 11.2 Å². The van der Waals surface area contributed by atoms with E-state index in [0.717, 1.165) is 6.54 Å². The maximum Gasteiger partial charge on any atom is 1.00 e. The van der Waals surface area contributed by atoms with Gasteiger partial charge in [-0.15, -0.1) is 6.54 Å². The molecule has 0 fully saturated rings. The normalized spacial score (nSPS) is 13.0. The molecule has 0 amide bonds. The third kappa shape index (κ3) is 4.88. The molecule has 68 valence electrons. The van der Waals surface area contributed by atoms with Gasteiger partial charge in [-0.25, -0.2) is 0 Å². The molecule has 0 unspecified atom stereocenters. The van der Waals surface area contributed by atoms with Gasteiger partial charge in [0.25, 0.3) is 0 Å². The average Bonchev–Trinajstić information content (AvgIpc) is 1.56. The van der Waals surface area contributed by atoms with Crippen LogP contribution in [0.5, 0.6) is 0 Å². The summed E-state index contributed by atoms with van der Waals surface area (Å²) in [5, 5.41) is 0. The van der Waals surface area contributed by atoms with Gasteiger partial charge >= 0.3 is 18.9 Å². The minimum absolute atomic E-state index is 0. The van der Waals surface area contributed by atoms with Crippen molar-refractivity contribution >= 4 is 16.5 Å². The van der Waals surface area contributed by atoms with Crippen LogP contribution in [0, 0.1) is 6.92 Å². The molecule has 4 heteroatoms. The molecule has 0 saturated carbocycles. The van der Waals surface area contributed by atoms with Crippen LogP contribution in [0.2, 0.25) is 39.3 Å². The van der Waals surface area contributed by atoms with Crippen LogP contribution in [-0.2, 0) is 0 Å². The molecule has 0 rings (SSSR count). The second kappa shape index (κ2) is 5.02. The van der Waals surface area contributed by atoms with Crippen LogP contribution >= 0.6 is 0 Å². The van der Waals surface area contributed by atoms with Crippen molar-refractivity contribution < 1.29 is 18.9 Å². The fourth-order valence-corrected chi connectivity index (χ4v) is 11.1. The first-order valence-electron chi connectivity index (χ1n) is 4.26. The van der Waals surface area contributed by atoms with E-state index >= 15 is 0 Å². The minimum atomic E-state index is -1.09. The van der Waals surface area contributed by atoms with E-state index in [-0.39, 0.29) is 18.9 Å². The summed E-state index contributed by atoms with van der Waals surface area (Å²) in [6.45, 7) is 19.4. The van der Waals surface area contributed by atoms with E-state index in [1.807, 2.05) is 0 Å². The van der Waals surface area contributed by atoms with E-state index in [4.69, 9.17) is 0 Å². The third-order valence-electron chi connectivity index (χ3n) is 1.84. The maximum atomic E-state index is 4.01. The molecule has 0 aromatic carbocycles. The van der Waals surface area contributed by atoms with Crippen LogP contribution in [0.15, 0.2) is 0 Å². The maximum absolute atomic E-state index is 4.01. The van der Waals surface area contributed by atoms with Crippen LogP contribution in [0.3, 0.4) is 0 Å². The van der Waals surface area contributed by atoms with Crippen molar-refractivity contribution in [2.75, 3.05) is 6.54 Å². The molecular weight excluding hydrogens is 173 g/mol. The SMILES string of the molecule is [CH2-]CN([Si](C)(C)C)[Si](C)(C)C.[Li+]. The van der Waals surface area contributed by atoms with Gasteiger partial charge in [-0.2, -0.15) is 0 Å². The van der Waals surface area contributed by atoms with Crippen LogP contribution in [0.4, 0.5) is 0 Å². The van der Waals surface area contributed by atoms with Crippen LogP contribution in [0.25, 0.3) is 0 Å². The molecule has 0 aromatic heterocycles. The first-order valence-corrected chi connectivity index (χ1v) is 11.2. The summed E-state index contributed by atoms with van der Waals surface area (Å²) in [7, 11) is -2.18. The molecule has 12 heavy (non-hydrogen) atoms. The topological polar surface area (TPSA) is 3.24 Å². The Balaban J connectivity index is 0. The molecule has 0 aliphatic heterocycles. The zero-order valence-corrected chi connectivity index (χ0v) is 11.9. The predicted octanol–water partition coefficient (Wildman–Crippen LogP) is -0.204. The van der Waals surface area contributed by atoms with Crippen LogP contribution < -0.4 is 18.9 Å². The first kappa shape index (κ1) is 15.5. The number of rotatable bonds is 3. The van der Waals surface area contributed by atoms with E-state index in [2.05, 4.69) is 50.4 Å². The molecule has 0 heterocycles. The third-order valence-corrected chi connectivity index (χ3v) is 9.55. The van der Waals surface area contributed by atoms with Crippen molar-refractivity contribution in [3.05, 3.63) is 6.92 Å². The Morgan fingerprint density at radius 1 is 0.917 bits per heavy atom. The van der Waals surface area contributed by atoms with E-state index in [0.29, 0.717) is 0 Å². The summed E-state index contributed by atoms with van der Waals surface area (Å²) in [5.74, 6) is 0. The molecule has 0 aromatic rings. The van der Waals surface area contributed by atoms with Crippen molar-refractivity contribution in [2.45, 2.75) is 39.3 Å². The van der Waals surface area contributed by atoms with Gasteiger partial charge in [0, 0.05) is 0 Å². The van der Waals surface area contributed by atoms with E-state index in [9.17, 15) is 0 Å². The van der Waals surface area contributed by atoms with Crippen molar-refractivity contribution in [1.82, 2.24) is 4.23 Å². The molecule has 0 bridgehead atoms. The predicted molar refractivity (Wildman–Crippen MR) is 58.8 cm³/mol. The number of hydrogen-bond acceptors (Lipinski definition) is 1. The minimum Gasteiger partial charge on any atom is -0.375 e. The Bertz CT molecular complexity index is 112. The van der Waals surface area contributed by atoms with Crippen molar-refractivity contribution in [2.24, 2.45) is 0 Å². The molecular formula is C8H22LiNSi2. The van der Waals surface area contributed by atoms with Gasteiger partial charge in [-0.05, 0) is 0 Å². The number of hydrogen-bond donors (Lipinski definition) is 0. The molecule has 0 aliphatic rings. The quantitative estimate of drug-likeness (QED) is 0.445. The Kier molecular flexibility index (Phi) is 6.47. The zero-order chi connectivity index (χ0) is 9.28. The Labute approximate surface area is 92.3 Å². The first-order chi connectivity index (χ1) is 4.69. The van der Waals surface area contributed by atoms with Gasteiger partial charge in [0.1, 0.15) is 16.5 Å². The monoisotopic (exact) mass is 195 g/mol. The fourth-order valence-electron chi connectivity index (χ4n) is 1.68. The van der Waals surface area contributed by atoms with Gasteiger partial charge in [0.15, 0.2) is 0 Å². The van der Waals surface area contributed by atoms with Crippen molar-refractivity contribution in [3.63, 3.8) is 0 Å². The van der Waals surface area contributed by atoms with Crippen molar-refractivity contribution in [1.29, 1.82) is 0 Å². The Morgan fingerprint density at radius 2 is 1.17 bits per heavy atom. The summed E-state index contributed by atoms with van der Waals surface area (Å²) < 4.78 is 2.67. The van der Waals surface area contributed by atoms with E-state index < -0.39 is 16.5 Å². The average molecular weight is 195 g/mol.